The number of unbranched alkanes of at least 4 members (excludes halogenated alkanes) is 3. The zero-order valence-corrected chi connectivity index (χ0v) is 13.8. The number of hydrogen-bond acceptors (Lipinski definition) is 3. The van der Waals surface area contributed by atoms with Gasteiger partial charge in [-0.1, -0.05) is 26.2 Å². The molecule has 6 nitrogen and oxygen atoms in total. The molecule has 0 aliphatic heterocycles. The van der Waals surface area contributed by atoms with Crippen molar-refractivity contribution in [3.05, 3.63) is 48.4 Å². The molecule has 1 aromatic heterocycles. The summed E-state index contributed by atoms with van der Waals surface area (Å²) in [5, 5.41) is 8.30. The average Bonchev–Trinajstić information content (AvgIpc) is 3.11. The molecule has 0 saturated heterocycles. The van der Waals surface area contributed by atoms with Crippen LogP contribution in [0.4, 0.5) is 16.2 Å². The highest BCUT2D eigenvalue weighted by Crippen LogP contribution is 2.14. The molecule has 0 radical (unpaired) electrons. The number of benzene rings is 1. The molecule has 0 aliphatic rings. The lowest BCUT2D eigenvalue weighted by Crippen LogP contribution is -2.29. The molecule has 1 heterocycles. The number of urea groups is 1. The van der Waals surface area contributed by atoms with Gasteiger partial charge in [-0.3, -0.25) is 4.79 Å². The van der Waals surface area contributed by atoms with Gasteiger partial charge in [0.2, 0.25) is 0 Å². The van der Waals surface area contributed by atoms with E-state index in [-0.39, 0.29) is 17.7 Å². The number of carbonyl (C=O) groups is 2. The zero-order chi connectivity index (χ0) is 17.2. The molecule has 0 spiro atoms. The van der Waals surface area contributed by atoms with Crippen molar-refractivity contribution in [1.82, 2.24) is 5.32 Å². The Bertz CT molecular complexity index is 636. The SMILES string of the molecule is CCCCCCNC(=O)Nc1ccc(NC(=O)c2ccco2)cc1. The molecule has 3 amide bonds. The van der Waals surface area contributed by atoms with E-state index in [1.54, 1.807) is 36.4 Å². The van der Waals surface area contributed by atoms with Crippen LogP contribution in [0.2, 0.25) is 0 Å². The second-order valence-electron chi connectivity index (χ2n) is 5.45. The Morgan fingerprint density at radius 2 is 1.67 bits per heavy atom. The van der Waals surface area contributed by atoms with Gasteiger partial charge >= 0.3 is 6.03 Å². The van der Waals surface area contributed by atoms with E-state index < -0.39 is 0 Å². The predicted octanol–water partition coefficient (Wildman–Crippen LogP) is 4.23. The quantitative estimate of drug-likeness (QED) is 0.634. The summed E-state index contributed by atoms with van der Waals surface area (Å²) in [5.41, 5.74) is 1.29. The van der Waals surface area contributed by atoms with Gasteiger partial charge in [0, 0.05) is 17.9 Å². The molecule has 24 heavy (non-hydrogen) atoms. The molecule has 6 heteroatoms. The van der Waals surface area contributed by atoms with Gasteiger partial charge in [-0.05, 0) is 42.8 Å². The predicted molar refractivity (Wildman–Crippen MR) is 94.3 cm³/mol. The first-order chi connectivity index (χ1) is 11.7. The summed E-state index contributed by atoms with van der Waals surface area (Å²) in [7, 11) is 0. The minimum Gasteiger partial charge on any atom is -0.459 e. The first-order valence-corrected chi connectivity index (χ1v) is 8.19. The van der Waals surface area contributed by atoms with E-state index in [2.05, 4.69) is 22.9 Å². The average molecular weight is 329 g/mol. The normalized spacial score (nSPS) is 10.2. The fraction of sp³-hybridized carbons (Fsp3) is 0.333. The summed E-state index contributed by atoms with van der Waals surface area (Å²) in [6.45, 7) is 2.82. The van der Waals surface area contributed by atoms with Crippen LogP contribution >= 0.6 is 0 Å². The van der Waals surface area contributed by atoms with E-state index >= 15 is 0 Å². The standard InChI is InChI=1S/C18H23N3O3/c1-2-3-4-5-12-19-18(23)21-15-10-8-14(9-11-15)20-17(22)16-7-6-13-24-16/h6-11,13H,2-5,12H2,1H3,(H,20,22)(H2,19,21,23). The molecule has 0 unspecified atom stereocenters. The second kappa shape index (κ2) is 9.39. The Balaban J connectivity index is 1.75. The van der Waals surface area contributed by atoms with Gasteiger partial charge in [-0.2, -0.15) is 0 Å². The maximum atomic E-state index is 11.8. The van der Waals surface area contributed by atoms with Crippen LogP contribution in [0.5, 0.6) is 0 Å². The van der Waals surface area contributed by atoms with Gasteiger partial charge in [0.15, 0.2) is 5.76 Å². The molecule has 1 aromatic carbocycles. The van der Waals surface area contributed by atoms with Crippen molar-refractivity contribution < 1.29 is 14.0 Å². The molecule has 0 aliphatic carbocycles. The summed E-state index contributed by atoms with van der Waals surface area (Å²) in [6.07, 6.45) is 5.92. The van der Waals surface area contributed by atoms with Gasteiger partial charge in [0.1, 0.15) is 0 Å². The topological polar surface area (TPSA) is 83.4 Å². The minimum atomic E-state index is -0.314. The van der Waals surface area contributed by atoms with Gasteiger partial charge < -0.3 is 20.4 Å². The molecule has 0 fully saturated rings. The third kappa shape index (κ3) is 5.79. The zero-order valence-electron chi connectivity index (χ0n) is 13.8. The monoisotopic (exact) mass is 329 g/mol. The number of hydrogen-bond donors (Lipinski definition) is 3. The van der Waals surface area contributed by atoms with E-state index in [0.29, 0.717) is 17.9 Å². The smallest absolute Gasteiger partial charge is 0.319 e. The lowest BCUT2D eigenvalue weighted by Gasteiger charge is -2.08. The van der Waals surface area contributed by atoms with Gasteiger partial charge in [-0.25, -0.2) is 4.79 Å². The van der Waals surface area contributed by atoms with Crippen LogP contribution in [-0.2, 0) is 0 Å². The van der Waals surface area contributed by atoms with Crippen molar-refractivity contribution in [1.29, 1.82) is 0 Å². The molecular weight excluding hydrogens is 306 g/mol. The third-order valence-electron chi connectivity index (χ3n) is 3.46. The van der Waals surface area contributed by atoms with E-state index in [4.69, 9.17) is 4.42 Å². The molecular formula is C18H23N3O3. The van der Waals surface area contributed by atoms with E-state index in [9.17, 15) is 9.59 Å². The van der Waals surface area contributed by atoms with Crippen LogP contribution in [0, 0.1) is 0 Å². The van der Waals surface area contributed by atoms with Crippen molar-refractivity contribution >= 4 is 23.3 Å². The largest absolute Gasteiger partial charge is 0.459 e. The van der Waals surface area contributed by atoms with Crippen molar-refractivity contribution in [2.45, 2.75) is 32.6 Å². The number of furan rings is 1. The van der Waals surface area contributed by atoms with Crippen LogP contribution in [0.3, 0.4) is 0 Å². The van der Waals surface area contributed by atoms with Crippen molar-refractivity contribution in [2.24, 2.45) is 0 Å². The Labute approximate surface area is 141 Å². The molecule has 0 saturated carbocycles. The van der Waals surface area contributed by atoms with Gasteiger partial charge in [0.05, 0.1) is 6.26 Å². The molecule has 3 N–H and O–H groups in total. The lowest BCUT2D eigenvalue weighted by atomic mass is 10.2. The Morgan fingerprint density at radius 1 is 0.958 bits per heavy atom. The van der Waals surface area contributed by atoms with Crippen LogP contribution in [0.25, 0.3) is 0 Å². The van der Waals surface area contributed by atoms with Crippen LogP contribution < -0.4 is 16.0 Å². The fourth-order valence-corrected chi connectivity index (χ4v) is 2.17. The highest BCUT2D eigenvalue weighted by Gasteiger charge is 2.08. The summed E-state index contributed by atoms with van der Waals surface area (Å²) < 4.78 is 5.03. The minimum absolute atomic E-state index is 0.223. The molecule has 2 rings (SSSR count). The van der Waals surface area contributed by atoms with Gasteiger partial charge in [0.25, 0.3) is 5.91 Å². The van der Waals surface area contributed by atoms with Crippen molar-refractivity contribution in [2.75, 3.05) is 17.2 Å². The van der Waals surface area contributed by atoms with Crippen LogP contribution in [0.15, 0.2) is 47.1 Å². The first-order valence-electron chi connectivity index (χ1n) is 8.19. The summed E-state index contributed by atoms with van der Waals surface area (Å²) in [5.74, 6) is -0.0646. The highest BCUT2D eigenvalue weighted by molar-refractivity contribution is 6.02. The second-order valence-corrected chi connectivity index (χ2v) is 5.45. The fourth-order valence-electron chi connectivity index (χ4n) is 2.17. The van der Waals surface area contributed by atoms with Crippen LogP contribution in [-0.4, -0.2) is 18.5 Å². The number of rotatable bonds is 8. The van der Waals surface area contributed by atoms with Crippen molar-refractivity contribution in [3.8, 4) is 0 Å². The third-order valence-corrected chi connectivity index (χ3v) is 3.46. The number of carbonyl (C=O) groups excluding carboxylic acids is 2. The number of amides is 3. The maximum Gasteiger partial charge on any atom is 0.319 e. The molecule has 128 valence electrons. The lowest BCUT2D eigenvalue weighted by molar-refractivity contribution is 0.0996. The maximum absolute atomic E-state index is 11.8. The Kier molecular flexibility index (Phi) is 6.89. The summed E-state index contributed by atoms with van der Waals surface area (Å²) >= 11 is 0. The number of anilines is 2. The van der Waals surface area contributed by atoms with E-state index in [1.807, 2.05) is 0 Å². The van der Waals surface area contributed by atoms with Crippen LogP contribution in [0.1, 0.15) is 43.2 Å². The van der Waals surface area contributed by atoms with Gasteiger partial charge in [-0.15, -0.1) is 0 Å². The van der Waals surface area contributed by atoms with Crippen molar-refractivity contribution in [3.63, 3.8) is 0 Å². The molecule has 0 atom stereocenters. The number of nitrogens with one attached hydrogen (secondary N) is 3. The molecule has 0 bridgehead atoms. The summed E-state index contributed by atoms with van der Waals surface area (Å²) in [4.78, 5) is 23.6. The summed E-state index contributed by atoms with van der Waals surface area (Å²) in [6, 6.07) is 9.93. The molecule has 2 aromatic rings. The highest BCUT2D eigenvalue weighted by atomic mass is 16.3. The Morgan fingerprint density at radius 3 is 2.29 bits per heavy atom. The van der Waals surface area contributed by atoms with E-state index in [1.165, 1.54) is 19.1 Å². The van der Waals surface area contributed by atoms with E-state index in [0.717, 1.165) is 12.8 Å². The first kappa shape index (κ1) is 17.6. The Hall–Kier alpha value is -2.76.